The van der Waals surface area contributed by atoms with E-state index in [-0.39, 0.29) is 12.3 Å². The monoisotopic (exact) mass is 317 g/mol. The minimum absolute atomic E-state index is 0.199. The average molecular weight is 318 g/mol. The van der Waals surface area contributed by atoms with Crippen LogP contribution in [0.4, 0.5) is 0 Å². The third-order valence-electron chi connectivity index (χ3n) is 2.78. The van der Waals surface area contributed by atoms with Crippen LogP contribution in [0, 0.1) is 0 Å². The summed E-state index contributed by atoms with van der Waals surface area (Å²) >= 11 is 11.7. The van der Waals surface area contributed by atoms with E-state index >= 15 is 0 Å². The molecule has 4 nitrogen and oxygen atoms in total. The summed E-state index contributed by atoms with van der Waals surface area (Å²) in [5.74, 6) is -1.02. The fourth-order valence-electron chi connectivity index (χ4n) is 1.72. The normalized spacial score (nSPS) is 10.3. The van der Waals surface area contributed by atoms with Crippen molar-refractivity contribution in [3.63, 3.8) is 0 Å². The molecule has 0 fully saturated rings. The SMILES string of the molecule is O=C(O)CCCCCCNC(=O)c1cc(Cl)ccc1Cl. The summed E-state index contributed by atoms with van der Waals surface area (Å²) in [5, 5.41) is 12.1. The first kappa shape index (κ1) is 16.8. The summed E-state index contributed by atoms with van der Waals surface area (Å²) in [6.45, 7) is 0.536. The lowest BCUT2D eigenvalue weighted by Crippen LogP contribution is -2.24. The maximum absolute atomic E-state index is 11.9. The van der Waals surface area contributed by atoms with E-state index in [2.05, 4.69) is 5.32 Å². The highest BCUT2D eigenvalue weighted by Gasteiger charge is 2.10. The fraction of sp³-hybridized carbons (Fsp3) is 0.429. The first-order valence-corrected chi connectivity index (χ1v) is 7.21. The molecule has 0 radical (unpaired) electrons. The Kier molecular flexibility index (Phi) is 7.41. The number of carbonyl (C=O) groups excluding carboxylic acids is 1. The van der Waals surface area contributed by atoms with Crippen molar-refractivity contribution < 1.29 is 14.7 Å². The van der Waals surface area contributed by atoms with Crippen LogP contribution in [-0.4, -0.2) is 23.5 Å². The quantitative estimate of drug-likeness (QED) is 0.717. The Morgan fingerprint density at radius 2 is 1.80 bits per heavy atom. The second-order valence-corrected chi connectivity index (χ2v) is 5.28. The number of halogens is 2. The molecule has 0 aliphatic rings. The predicted octanol–water partition coefficient (Wildman–Crippen LogP) is 3.76. The van der Waals surface area contributed by atoms with Crippen molar-refractivity contribution in [2.24, 2.45) is 0 Å². The zero-order valence-electron chi connectivity index (χ0n) is 11.0. The van der Waals surface area contributed by atoms with E-state index in [9.17, 15) is 9.59 Å². The Labute approximate surface area is 128 Å². The van der Waals surface area contributed by atoms with Gasteiger partial charge in [0.2, 0.25) is 0 Å². The lowest BCUT2D eigenvalue weighted by atomic mass is 10.1. The van der Waals surface area contributed by atoms with E-state index in [0.29, 0.717) is 28.6 Å². The Morgan fingerprint density at radius 3 is 2.50 bits per heavy atom. The van der Waals surface area contributed by atoms with Crippen molar-refractivity contribution in [3.05, 3.63) is 33.8 Å². The summed E-state index contributed by atoms with van der Waals surface area (Å²) in [6.07, 6.45) is 3.41. The van der Waals surface area contributed by atoms with Crippen LogP contribution in [-0.2, 0) is 4.79 Å². The van der Waals surface area contributed by atoms with E-state index in [4.69, 9.17) is 28.3 Å². The van der Waals surface area contributed by atoms with Crippen molar-refractivity contribution in [2.45, 2.75) is 32.1 Å². The molecule has 1 aromatic rings. The molecule has 0 bridgehead atoms. The summed E-state index contributed by atoms with van der Waals surface area (Å²) < 4.78 is 0. The molecule has 1 aromatic carbocycles. The molecule has 0 heterocycles. The number of carboxylic acids is 1. The molecular formula is C14H17Cl2NO3. The Morgan fingerprint density at radius 1 is 1.10 bits per heavy atom. The third kappa shape index (κ3) is 6.26. The van der Waals surface area contributed by atoms with Gasteiger partial charge in [0.15, 0.2) is 0 Å². The maximum Gasteiger partial charge on any atom is 0.303 e. The topological polar surface area (TPSA) is 66.4 Å². The van der Waals surface area contributed by atoms with Gasteiger partial charge in [0.1, 0.15) is 0 Å². The van der Waals surface area contributed by atoms with Gasteiger partial charge in [-0.3, -0.25) is 9.59 Å². The molecule has 110 valence electrons. The van der Waals surface area contributed by atoms with Gasteiger partial charge in [0.25, 0.3) is 5.91 Å². The van der Waals surface area contributed by atoms with Crippen LogP contribution in [0.1, 0.15) is 42.5 Å². The highest BCUT2D eigenvalue weighted by Crippen LogP contribution is 2.20. The number of carbonyl (C=O) groups is 2. The summed E-state index contributed by atoms with van der Waals surface area (Å²) in [7, 11) is 0. The molecule has 0 unspecified atom stereocenters. The van der Waals surface area contributed by atoms with Gasteiger partial charge in [-0.05, 0) is 31.0 Å². The highest BCUT2D eigenvalue weighted by molar-refractivity contribution is 6.35. The van der Waals surface area contributed by atoms with E-state index in [1.807, 2.05) is 0 Å². The van der Waals surface area contributed by atoms with Crippen LogP contribution in [0.3, 0.4) is 0 Å². The van der Waals surface area contributed by atoms with E-state index in [1.54, 1.807) is 12.1 Å². The van der Waals surface area contributed by atoms with E-state index in [0.717, 1.165) is 19.3 Å². The van der Waals surface area contributed by atoms with Gasteiger partial charge in [-0.15, -0.1) is 0 Å². The zero-order chi connectivity index (χ0) is 15.0. The Bertz CT molecular complexity index is 477. The van der Waals surface area contributed by atoms with Crippen LogP contribution in [0.15, 0.2) is 18.2 Å². The maximum atomic E-state index is 11.9. The number of hydrogen-bond acceptors (Lipinski definition) is 2. The van der Waals surface area contributed by atoms with Gasteiger partial charge in [-0.25, -0.2) is 0 Å². The molecule has 20 heavy (non-hydrogen) atoms. The van der Waals surface area contributed by atoms with Gasteiger partial charge >= 0.3 is 5.97 Å². The number of hydrogen-bond donors (Lipinski definition) is 2. The van der Waals surface area contributed by atoms with Crippen molar-refractivity contribution in [1.82, 2.24) is 5.32 Å². The summed E-state index contributed by atoms with van der Waals surface area (Å²) in [6, 6.07) is 4.75. The first-order chi connectivity index (χ1) is 9.50. The second kappa shape index (κ2) is 8.82. The molecule has 6 heteroatoms. The van der Waals surface area contributed by atoms with Crippen LogP contribution < -0.4 is 5.32 Å². The third-order valence-corrected chi connectivity index (χ3v) is 3.34. The van der Waals surface area contributed by atoms with Crippen LogP contribution >= 0.6 is 23.2 Å². The van der Waals surface area contributed by atoms with Crippen LogP contribution in [0.25, 0.3) is 0 Å². The average Bonchev–Trinajstić information content (AvgIpc) is 2.39. The minimum Gasteiger partial charge on any atom is -0.481 e. The molecule has 0 aliphatic heterocycles. The zero-order valence-corrected chi connectivity index (χ0v) is 12.5. The van der Waals surface area contributed by atoms with Crippen molar-refractivity contribution >= 4 is 35.1 Å². The lowest BCUT2D eigenvalue weighted by Gasteiger charge is -2.07. The van der Waals surface area contributed by atoms with Gasteiger partial charge in [0, 0.05) is 18.0 Å². The number of benzene rings is 1. The lowest BCUT2D eigenvalue weighted by molar-refractivity contribution is -0.137. The Hall–Kier alpha value is -1.26. The smallest absolute Gasteiger partial charge is 0.303 e. The number of carboxylic acid groups (broad SMARTS) is 1. The highest BCUT2D eigenvalue weighted by atomic mass is 35.5. The largest absolute Gasteiger partial charge is 0.481 e. The standard InChI is InChI=1S/C14H17Cl2NO3/c15-10-6-7-12(16)11(9-10)14(20)17-8-4-2-1-3-5-13(18)19/h6-7,9H,1-5,8H2,(H,17,20)(H,18,19). The van der Waals surface area contributed by atoms with Crippen LogP contribution in [0.5, 0.6) is 0 Å². The molecule has 0 atom stereocenters. The first-order valence-electron chi connectivity index (χ1n) is 6.45. The fourth-order valence-corrected chi connectivity index (χ4v) is 2.10. The number of rotatable bonds is 8. The molecule has 2 N–H and O–H groups in total. The molecule has 0 saturated heterocycles. The Balaban J connectivity index is 2.23. The molecule has 0 spiro atoms. The van der Waals surface area contributed by atoms with E-state index in [1.165, 1.54) is 6.07 Å². The van der Waals surface area contributed by atoms with Crippen LogP contribution in [0.2, 0.25) is 10.0 Å². The molecule has 0 aromatic heterocycles. The second-order valence-electron chi connectivity index (χ2n) is 4.44. The molecule has 1 amide bonds. The number of nitrogens with one attached hydrogen (secondary N) is 1. The van der Waals surface area contributed by atoms with Gasteiger partial charge in [0.05, 0.1) is 10.6 Å². The van der Waals surface area contributed by atoms with Gasteiger partial charge in [-0.1, -0.05) is 36.0 Å². The molecule has 0 saturated carbocycles. The summed E-state index contributed by atoms with van der Waals surface area (Å²) in [5.41, 5.74) is 0.366. The van der Waals surface area contributed by atoms with Gasteiger partial charge in [-0.2, -0.15) is 0 Å². The predicted molar refractivity (Wildman–Crippen MR) is 79.5 cm³/mol. The van der Waals surface area contributed by atoms with Crippen molar-refractivity contribution in [1.29, 1.82) is 0 Å². The molecular weight excluding hydrogens is 301 g/mol. The minimum atomic E-state index is -0.770. The molecule has 0 aliphatic carbocycles. The summed E-state index contributed by atoms with van der Waals surface area (Å²) in [4.78, 5) is 22.2. The molecule has 1 rings (SSSR count). The number of aliphatic carboxylic acids is 1. The van der Waals surface area contributed by atoms with Crippen molar-refractivity contribution in [2.75, 3.05) is 6.54 Å². The number of unbranched alkanes of at least 4 members (excludes halogenated alkanes) is 3. The number of amides is 1. The van der Waals surface area contributed by atoms with Gasteiger partial charge < -0.3 is 10.4 Å². The van der Waals surface area contributed by atoms with Crippen molar-refractivity contribution in [3.8, 4) is 0 Å². The van der Waals surface area contributed by atoms with E-state index < -0.39 is 5.97 Å².